The summed E-state index contributed by atoms with van der Waals surface area (Å²) in [6, 6.07) is 6.77. The van der Waals surface area contributed by atoms with Gasteiger partial charge in [-0.15, -0.1) is 0 Å². The van der Waals surface area contributed by atoms with Crippen molar-refractivity contribution in [1.29, 1.82) is 0 Å². The Morgan fingerprint density at radius 3 is 1.59 bits per heavy atom. The Hall–Kier alpha value is -1.84. The molecule has 0 fully saturated rings. The highest BCUT2D eigenvalue weighted by molar-refractivity contribution is 6.03. The van der Waals surface area contributed by atoms with Crippen molar-refractivity contribution in [2.75, 3.05) is 6.61 Å². The predicted octanol–water partition coefficient (Wildman–Crippen LogP) is 7.99. The lowest BCUT2D eigenvalue weighted by Crippen LogP contribution is -2.29. The average Bonchev–Trinajstić information content (AvgIpc) is 2.77. The molecule has 0 heterocycles. The van der Waals surface area contributed by atoms with Crippen LogP contribution in [0.25, 0.3) is 0 Å². The third-order valence-electron chi connectivity index (χ3n) is 5.91. The molecule has 0 aliphatic carbocycles. The molecule has 4 nitrogen and oxygen atoms in total. The summed E-state index contributed by atoms with van der Waals surface area (Å²) in [4.78, 5) is 25.3. The predicted molar refractivity (Wildman–Crippen MR) is 132 cm³/mol. The Bertz CT molecular complexity index is 643. The van der Waals surface area contributed by atoms with E-state index in [1.54, 1.807) is 24.3 Å². The number of ether oxygens (including phenoxy) is 2. The molecule has 0 radical (unpaired) electrons. The quantitative estimate of drug-likeness (QED) is 0.180. The minimum absolute atomic E-state index is 0.192. The molecule has 1 aromatic rings. The highest BCUT2D eigenvalue weighted by Gasteiger charge is 2.25. The van der Waals surface area contributed by atoms with Crippen LogP contribution in [0.15, 0.2) is 24.3 Å². The summed E-state index contributed by atoms with van der Waals surface area (Å²) >= 11 is 0. The van der Waals surface area contributed by atoms with Crippen LogP contribution >= 0.6 is 0 Å². The van der Waals surface area contributed by atoms with E-state index < -0.39 is 11.9 Å². The first-order valence-electron chi connectivity index (χ1n) is 12.9. The van der Waals surface area contributed by atoms with Crippen LogP contribution in [0, 0.1) is 11.8 Å². The normalized spacial score (nSPS) is 11.4. The maximum absolute atomic E-state index is 12.7. The van der Waals surface area contributed by atoms with E-state index in [0.29, 0.717) is 6.61 Å². The minimum Gasteiger partial charge on any atom is -0.462 e. The molecule has 0 unspecified atom stereocenters. The maximum Gasteiger partial charge on any atom is 0.339 e. The first-order valence-corrected chi connectivity index (χ1v) is 12.9. The second-order valence-electron chi connectivity index (χ2n) is 9.57. The number of carbonyl (C=O) groups excluding carboxylic acids is 2. The van der Waals surface area contributed by atoms with E-state index >= 15 is 0 Å². The van der Waals surface area contributed by atoms with Gasteiger partial charge in [0.25, 0.3) is 0 Å². The lowest BCUT2D eigenvalue weighted by Gasteiger charge is -2.25. The van der Waals surface area contributed by atoms with Crippen LogP contribution in [0.2, 0.25) is 0 Å². The Morgan fingerprint density at radius 1 is 0.688 bits per heavy atom. The zero-order valence-corrected chi connectivity index (χ0v) is 21.2. The van der Waals surface area contributed by atoms with Crippen molar-refractivity contribution in [1.82, 2.24) is 0 Å². The molecule has 32 heavy (non-hydrogen) atoms. The van der Waals surface area contributed by atoms with Crippen molar-refractivity contribution in [3.8, 4) is 0 Å². The average molecular weight is 447 g/mol. The third-order valence-corrected chi connectivity index (χ3v) is 5.91. The fraction of sp³-hybridized carbons (Fsp3) is 0.714. The number of esters is 2. The number of benzene rings is 1. The summed E-state index contributed by atoms with van der Waals surface area (Å²) in [5, 5.41) is 0. The van der Waals surface area contributed by atoms with Crippen molar-refractivity contribution in [3.05, 3.63) is 35.4 Å². The van der Waals surface area contributed by atoms with Gasteiger partial charge in [-0.05, 0) is 30.4 Å². The Labute approximate surface area is 196 Å². The number of carbonyl (C=O) groups is 2. The molecule has 0 spiro atoms. The smallest absolute Gasteiger partial charge is 0.339 e. The van der Waals surface area contributed by atoms with Crippen molar-refractivity contribution in [2.24, 2.45) is 11.8 Å². The van der Waals surface area contributed by atoms with Crippen molar-refractivity contribution < 1.29 is 19.1 Å². The molecule has 182 valence electrons. The molecule has 1 rings (SSSR count). The molecular weight excluding hydrogens is 400 g/mol. The van der Waals surface area contributed by atoms with Crippen LogP contribution in [0.3, 0.4) is 0 Å². The van der Waals surface area contributed by atoms with Crippen LogP contribution in [0.5, 0.6) is 0 Å². The number of rotatable bonds is 17. The molecule has 0 atom stereocenters. The van der Waals surface area contributed by atoms with Crippen LogP contribution in [0.4, 0.5) is 0 Å². The second-order valence-corrected chi connectivity index (χ2v) is 9.57. The largest absolute Gasteiger partial charge is 0.462 e. The molecule has 0 aromatic heterocycles. The van der Waals surface area contributed by atoms with E-state index in [1.807, 2.05) is 27.7 Å². The molecule has 4 heteroatoms. The number of unbranched alkanes of at least 4 members (excludes halogenated alkanes) is 10. The molecule has 0 aliphatic rings. The van der Waals surface area contributed by atoms with E-state index in [9.17, 15) is 9.59 Å². The van der Waals surface area contributed by atoms with Gasteiger partial charge < -0.3 is 9.47 Å². The van der Waals surface area contributed by atoms with Gasteiger partial charge in [0, 0.05) is 0 Å². The van der Waals surface area contributed by atoms with Crippen LogP contribution in [-0.4, -0.2) is 24.6 Å². The van der Waals surface area contributed by atoms with Crippen molar-refractivity contribution >= 4 is 11.9 Å². The molecule has 0 bridgehead atoms. The highest BCUT2D eigenvalue weighted by atomic mass is 16.5. The minimum atomic E-state index is -0.459. The zero-order chi connectivity index (χ0) is 23.8. The first kappa shape index (κ1) is 28.2. The summed E-state index contributed by atoms with van der Waals surface area (Å²) < 4.78 is 11.2. The summed E-state index contributed by atoms with van der Waals surface area (Å²) in [6.45, 7) is 10.8. The van der Waals surface area contributed by atoms with Gasteiger partial charge in [-0.25, -0.2) is 9.59 Å². The van der Waals surface area contributed by atoms with E-state index in [2.05, 4.69) is 6.92 Å². The van der Waals surface area contributed by atoms with Crippen molar-refractivity contribution in [3.63, 3.8) is 0 Å². The lowest BCUT2D eigenvalue weighted by molar-refractivity contribution is 0.00282. The van der Waals surface area contributed by atoms with Gasteiger partial charge in [0.1, 0.15) is 6.10 Å². The van der Waals surface area contributed by atoms with Crippen molar-refractivity contribution in [2.45, 2.75) is 111 Å². The van der Waals surface area contributed by atoms with Gasteiger partial charge in [-0.3, -0.25) is 0 Å². The molecule has 0 saturated carbocycles. The number of hydrogen-bond acceptors (Lipinski definition) is 4. The van der Waals surface area contributed by atoms with Crippen LogP contribution < -0.4 is 0 Å². The van der Waals surface area contributed by atoms with Gasteiger partial charge in [-0.2, -0.15) is 0 Å². The monoisotopic (exact) mass is 446 g/mol. The maximum atomic E-state index is 12.7. The Kier molecular flexibility index (Phi) is 14.8. The standard InChI is InChI=1S/C28H46O4/c1-6-7-8-9-10-11-12-13-14-15-18-21-31-27(29)24-19-16-17-20-25(24)28(30)32-26(22(2)3)23(4)5/h16-17,19-20,22-23,26H,6-15,18,21H2,1-5H3. The van der Waals surface area contributed by atoms with Gasteiger partial charge >= 0.3 is 11.9 Å². The molecular formula is C28H46O4. The van der Waals surface area contributed by atoms with Gasteiger partial charge in [0.15, 0.2) is 0 Å². The third kappa shape index (κ3) is 11.2. The lowest BCUT2D eigenvalue weighted by atomic mass is 9.96. The first-order chi connectivity index (χ1) is 15.4. The topological polar surface area (TPSA) is 52.6 Å². The summed E-state index contributed by atoms with van der Waals surface area (Å²) in [5.41, 5.74) is 0.564. The van der Waals surface area contributed by atoms with Gasteiger partial charge in [0.05, 0.1) is 17.7 Å². The Balaban J connectivity index is 2.35. The highest BCUT2D eigenvalue weighted by Crippen LogP contribution is 2.20. The number of hydrogen-bond donors (Lipinski definition) is 0. The van der Waals surface area contributed by atoms with Crippen LogP contribution in [-0.2, 0) is 9.47 Å². The molecule has 0 aliphatic heterocycles. The SMILES string of the molecule is CCCCCCCCCCCCCOC(=O)c1ccccc1C(=O)OC(C(C)C)C(C)C. The molecule has 1 aromatic carbocycles. The Morgan fingerprint density at radius 2 is 1.12 bits per heavy atom. The fourth-order valence-electron chi connectivity index (χ4n) is 4.08. The van der Waals surface area contributed by atoms with E-state index in [-0.39, 0.29) is 29.1 Å². The zero-order valence-electron chi connectivity index (χ0n) is 21.2. The van der Waals surface area contributed by atoms with E-state index in [1.165, 1.54) is 57.8 Å². The summed E-state index contributed by atoms with van der Waals surface area (Å²) in [7, 11) is 0. The molecule has 0 N–H and O–H groups in total. The van der Waals surface area contributed by atoms with E-state index in [0.717, 1.165) is 12.8 Å². The second kappa shape index (κ2) is 16.7. The van der Waals surface area contributed by atoms with Gasteiger partial charge in [-0.1, -0.05) is 111 Å². The molecule has 0 amide bonds. The van der Waals surface area contributed by atoms with Gasteiger partial charge in [0.2, 0.25) is 0 Å². The van der Waals surface area contributed by atoms with E-state index in [4.69, 9.17) is 9.47 Å². The summed E-state index contributed by atoms with van der Waals surface area (Å²) in [5.74, 6) is -0.492. The summed E-state index contributed by atoms with van der Waals surface area (Å²) in [6.07, 6.45) is 13.6. The fourth-order valence-corrected chi connectivity index (χ4v) is 4.08. The van der Waals surface area contributed by atoms with Crippen LogP contribution in [0.1, 0.15) is 126 Å². The molecule has 0 saturated heterocycles.